The van der Waals surface area contributed by atoms with Crippen LogP contribution in [0.4, 0.5) is 0 Å². The number of aromatic hydroxyl groups is 1. The fourth-order valence-corrected chi connectivity index (χ4v) is 1.84. The molecule has 2 atom stereocenters. The third-order valence-corrected chi connectivity index (χ3v) is 3.16. The lowest BCUT2D eigenvalue weighted by atomic mass is 10.1. The van der Waals surface area contributed by atoms with Gasteiger partial charge in [-0.3, -0.25) is 0 Å². The summed E-state index contributed by atoms with van der Waals surface area (Å²) >= 11 is 0. The third-order valence-electron chi connectivity index (χ3n) is 3.16. The second-order valence-electron chi connectivity index (χ2n) is 5.27. The molecular formula is C17H24O9. The Morgan fingerprint density at radius 3 is 2.19 bits per heavy atom. The van der Waals surface area contributed by atoms with E-state index in [4.69, 9.17) is 29.2 Å². The molecular weight excluding hydrogens is 348 g/mol. The van der Waals surface area contributed by atoms with E-state index < -0.39 is 24.8 Å². The smallest absolute Gasteiger partial charge is 0.330 e. The van der Waals surface area contributed by atoms with Gasteiger partial charge in [-0.25, -0.2) is 4.79 Å². The van der Waals surface area contributed by atoms with E-state index in [1.54, 1.807) is 0 Å². The summed E-state index contributed by atoms with van der Waals surface area (Å²) in [5, 5.41) is 37.1. The first kappa shape index (κ1) is 21.7. The standard InChI is InChI=1S/C17H24O9/c1-23-14-5-11(6-15(24-2)17(14)22)3-4-16(21)26-10-13(20)9-25-8-12(19)7-18/h3-6,12-13,18-20,22H,7-10H2,1-2H3/b4-3+. The molecule has 4 N–H and O–H groups in total. The van der Waals surface area contributed by atoms with Crippen LogP contribution >= 0.6 is 0 Å². The molecule has 9 nitrogen and oxygen atoms in total. The molecule has 0 heterocycles. The zero-order valence-electron chi connectivity index (χ0n) is 14.6. The maximum Gasteiger partial charge on any atom is 0.330 e. The van der Waals surface area contributed by atoms with Crippen LogP contribution in [0, 0.1) is 0 Å². The summed E-state index contributed by atoms with van der Waals surface area (Å²) in [7, 11) is 2.78. The minimum Gasteiger partial charge on any atom is -0.502 e. The van der Waals surface area contributed by atoms with Gasteiger partial charge >= 0.3 is 5.97 Å². The van der Waals surface area contributed by atoms with Gasteiger partial charge < -0.3 is 39.4 Å². The fourth-order valence-electron chi connectivity index (χ4n) is 1.84. The topological polar surface area (TPSA) is 135 Å². The molecule has 0 bridgehead atoms. The molecule has 0 aliphatic heterocycles. The van der Waals surface area contributed by atoms with Gasteiger partial charge in [0.2, 0.25) is 5.75 Å². The lowest BCUT2D eigenvalue weighted by Crippen LogP contribution is -2.27. The van der Waals surface area contributed by atoms with Crippen LogP contribution in [0.3, 0.4) is 0 Å². The fraction of sp³-hybridized carbons (Fsp3) is 0.471. The Labute approximate surface area is 151 Å². The van der Waals surface area contributed by atoms with Gasteiger partial charge in [0.25, 0.3) is 0 Å². The van der Waals surface area contributed by atoms with Gasteiger partial charge in [0.15, 0.2) is 11.5 Å². The highest BCUT2D eigenvalue weighted by molar-refractivity contribution is 5.87. The van der Waals surface area contributed by atoms with Crippen LogP contribution in [0.1, 0.15) is 5.56 Å². The Morgan fingerprint density at radius 1 is 1.08 bits per heavy atom. The third kappa shape index (κ3) is 7.28. The Hall–Kier alpha value is -2.33. The molecule has 9 heteroatoms. The SMILES string of the molecule is COc1cc(/C=C/C(=O)OCC(O)COCC(O)CO)cc(OC)c1O. The summed E-state index contributed by atoms with van der Waals surface area (Å²) in [6, 6.07) is 3.02. The molecule has 146 valence electrons. The number of ether oxygens (including phenoxy) is 4. The van der Waals surface area contributed by atoms with Crippen molar-refractivity contribution in [1.82, 2.24) is 0 Å². The first-order valence-corrected chi connectivity index (χ1v) is 7.75. The lowest BCUT2D eigenvalue weighted by Gasteiger charge is -2.12. The highest BCUT2D eigenvalue weighted by Crippen LogP contribution is 2.37. The van der Waals surface area contributed by atoms with Crippen LogP contribution in [-0.4, -0.2) is 79.3 Å². The van der Waals surface area contributed by atoms with Gasteiger partial charge in [-0.15, -0.1) is 0 Å². The molecule has 26 heavy (non-hydrogen) atoms. The van der Waals surface area contributed by atoms with E-state index in [1.165, 1.54) is 32.4 Å². The molecule has 0 amide bonds. The maximum absolute atomic E-state index is 11.7. The van der Waals surface area contributed by atoms with Crippen LogP contribution < -0.4 is 9.47 Å². The maximum atomic E-state index is 11.7. The quantitative estimate of drug-likeness (QED) is 0.305. The molecule has 0 radical (unpaired) electrons. The number of phenolic OH excluding ortho intramolecular Hbond substituents is 1. The zero-order chi connectivity index (χ0) is 19.5. The highest BCUT2D eigenvalue weighted by atomic mass is 16.5. The van der Waals surface area contributed by atoms with Crippen molar-refractivity contribution in [1.29, 1.82) is 0 Å². The minimum atomic E-state index is -1.06. The van der Waals surface area contributed by atoms with Crippen molar-refractivity contribution < 1.29 is 44.2 Å². The van der Waals surface area contributed by atoms with E-state index in [0.29, 0.717) is 5.56 Å². The van der Waals surface area contributed by atoms with Crippen molar-refractivity contribution in [2.75, 3.05) is 40.6 Å². The molecule has 0 aromatic heterocycles. The predicted molar refractivity (Wildman–Crippen MR) is 91.1 cm³/mol. The first-order valence-electron chi connectivity index (χ1n) is 7.75. The molecule has 0 saturated heterocycles. The van der Waals surface area contributed by atoms with E-state index in [9.17, 15) is 15.0 Å². The van der Waals surface area contributed by atoms with Crippen LogP contribution in [-0.2, 0) is 14.3 Å². The number of benzene rings is 1. The predicted octanol–water partition coefficient (Wildman–Crippen LogP) is -0.304. The van der Waals surface area contributed by atoms with Gasteiger partial charge in [0.05, 0.1) is 34.0 Å². The largest absolute Gasteiger partial charge is 0.502 e. The normalized spacial score (nSPS) is 13.4. The number of hydrogen-bond donors (Lipinski definition) is 4. The molecule has 1 rings (SSSR count). The van der Waals surface area contributed by atoms with Crippen LogP contribution in [0.5, 0.6) is 17.2 Å². The molecule has 0 aliphatic carbocycles. The lowest BCUT2D eigenvalue weighted by molar-refractivity contribution is -0.142. The van der Waals surface area contributed by atoms with Crippen LogP contribution in [0.15, 0.2) is 18.2 Å². The number of esters is 1. The highest BCUT2D eigenvalue weighted by Gasteiger charge is 2.11. The minimum absolute atomic E-state index is 0.133. The molecule has 1 aromatic carbocycles. The first-order chi connectivity index (χ1) is 12.4. The molecule has 0 saturated carbocycles. The molecule has 0 fully saturated rings. The van der Waals surface area contributed by atoms with Crippen LogP contribution in [0.2, 0.25) is 0 Å². The Balaban J connectivity index is 2.50. The molecule has 1 aromatic rings. The average Bonchev–Trinajstić information content (AvgIpc) is 2.65. The number of hydrogen-bond acceptors (Lipinski definition) is 9. The van der Waals surface area contributed by atoms with Gasteiger partial charge in [-0.2, -0.15) is 0 Å². The van der Waals surface area contributed by atoms with E-state index in [-0.39, 0.29) is 37.1 Å². The van der Waals surface area contributed by atoms with E-state index in [0.717, 1.165) is 6.08 Å². The number of methoxy groups -OCH3 is 2. The number of aliphatic hydroxyl groups excluding tert-OH is 3. The summed E-state index contributed by atoms with van der Waals surface area (Å²) in [6.45, 7) is -1.02. The zero-order valence-corrected chi connectivity index (χ0v) is 14.6. The van der Waals surface area contributed by atoms with Gasteiger partial charge in [-0.05, 0) is 23.8 Å². The van der Waals surface area contributed by atoms with E-state index >= 15 is 0 Å². The summed E-state index contributed by atoms with van der Waals surface area (Å²) in [4.78, 5) is 11.7. The van der Waals surface area contributed by atoms with Crippen LogP contribution in [0.25, 0.3) is 6.08 Å². The molecule has 0 aliphatic rings. The van der Waals surface area contributed by atoms with E-state index in [2.05, 4.69) is 0 Å². The Bertz CT molecular complexity index is 575. The Morgan fingerprint density at radius 2 is 1.65 bits per heavy atom. The number of carbonyl (C=O) groups excluding carboxylic acids is 1. The van der Waals surface area contributed by atoms with Crippen molar-refractivity contribution >= 4 is 12.0 Å². The summed E-state index contributed by atoms with van der Waals surface area (Å²) in [5.74, 6) is -0.459. The van der Waals surface area contributed by atoms with Crippen molar-refractivity contribution in [2.24, 2.45) is 0 Å². The number of rotatable bonds is 11. The number of aliphatic hydroxyl groups is 3. The van der Waals surface area contributed by atoms with Gasteiger partial charge in [0.1, 0.15) is 18.8 Å². The number of phenols is 1. The monoisotopic (exact) mass is 372 g/mol. The molecule has 2 unspecified atom stereocenters. The summed E-state index contributed by atoms with van der Waals surface area (Å²) in [5.41, 5.74) is 0.537. The second-order valence-corrected chi connectivity index (χ2v) is 5.27. The summed E-state index contributed by atoms with van der Waals surface area (Å²) in [6.07, 6.45) is 0.501. The van der Waals surface area contributed by atoms with Crippen molar-refractivity contribution in [3.8, 4) is 17.2 Å². The summed E-state index contributed by atoms with van der Waals surface area (Å²) < 4.78 is 19.8. The second kappa shape index (κ2) is 11.3. The van der Waals surface area contributed by atoms with Crippen molar-refractivity contribution in [3.63, 3.8) is 0 Å². The van der Waals surface area contributed by atoms with Gasteiger partial charge in [0, 0.05) is 6.08 Å². The Kier molecular flexibility index (Phi) is 9.45. The van der Waals surface area contributed by atoms with Gasteiger partial charge in [-0.1, -0.05) is 0 Å². The van der Waals surface area contributed by atoms with Crippen molar-refractivity contribution in [2.45, 2.75) is 12.2 Å². The number of carbonyl (C=O) groups is 1. The molecule has 0 spiro atoms. The van der Waals surface area contributed by atoms with Crippen molar-refractivity contribution in [3.05, 3.63) is 23.8 Å². The average molecular weight is 372 g/mol. The van der Waals surface area contributed by atoms with E-state index in [1.807, 2.05) is 0 Å².